The molecule has 0 bridgehead atoms. The number of aromatic nitrogens is 1. The fourth-order valence-electron chi connectivity index (χ4n) is 6.90. The Kier molecular flexibility index (Phi) is 8.67. The van der Waals surface area contributed by atoms with E-state index < -0.39 is 7.92 Å². The van der Waals surface area contributed by atoms with Crippen LogP contribution in [-0.4, -0.2) is 27.4 Å². The quantitative estimate of drug-likeness (QED) is 0.261. The predicted octanol–water partition coefficient (Wildman–Crippen LogP) is 6.74. The first-order valence-corrected chi connectivity index (χ1v) is 16.0. The minimum atomic E-state index is -0.412. The number of hydrogen-bond acceptors (Lipinski definition) is 1. The van der Waals surface area contributed by atoms with Crippen LogP contribution in [0, 0.1) is 19.8 Å². The van der Waals surface area contributed by atoms with Crippen molar-refractivity contribution in [2.45, 2.75) is 89.5 Å². The molecule has 0 spiro atoms. The monoisotopic (exact) mass is 531 g/mol. The largest absolute Gasteiger partial charge is 0.360 e. The van der Waals surface area contributed by atoms with Crippen molar-refractivity contribution in [3.8, 4) is 0 Å². The molecule has 1 heterocycles. The lowest BCUT2D eigenvalue weighted by Gasteiger charge is -2.37. The van der Waals surface area contributed by atoms with E-state index in [0.29, 0.717) is 29.7 Å². The lowest BCUT2D eigenvalue weighted by atomic mass is 9.89. The summed E-state index contributed by atoms with van der Waals surface area (Å²) in [5.41, 5.74) is 3.37. The van der Waals surface area contributed by atoms with Crippen molar-refractivity contribution < 1.29 is 0 Å². The predicted molar refractivity (Wildman–Crippen MR) is 164 cm³/mol. The van der Waals surface area contributed by atoms with E-state index in [2.05, 4.69) is 109 Å². The Bertz CT molecular complexity index is 1100. The van der Waals surface area contributed by atoms with Gasteiger partial charge in [-0.2, -0.15) is 0 Å². The van der Waals surface area contributed by atoms with Gasteiger partial charge in [0.05, 0.1) is 6.04 Å². The highest BCUT2D eigenvalue weighted by atomic mass is 32.1. The number of aryl methyl sites for hydroxylation is 2. The lowest BCUT2D eigenvalue weighted by Crippen LogP contribution is -2.51. The highest BCUT2D eigenvalue weighted by Gasteiger charge is 2.38. The Hall–Kier alpha value is -2.16. The Labute approximate surface area is 230 Å². The van der Waals surface area contributed by atoms with Crippen LogP contribution in [0.4, 0.5) is 0 Å². The molecule has 0 radical (unpaired) electrons. The second-order valence-corrected chi connectivity index (χ2v) is 13.9. The summed E-state index contributed by atoms with van der Waals surface area (Å²) in [6, 6.07) is 28.1. The maximum atomic E-state index is 5.96. The molecule has 2 aromatic carbocycles. The highest BCUT2D eigenvalue weighted by molar-refractivity contribution is 7.80. The van der Waals surface area contributed by atoms with Gasteiger partial charge in [0.15, 0.2) is 5.11 Å². The molecular weight excluding hydrogens is 489 g/mol. The summed E-state index contributed by atoms with van der Waals surface area (Å²) >= 11 is 5.96. The molecule has 196 valence electrons. The number of benzene rings is 2. The van der Waals surface area contributed by atoms with Crippen LogP contribution in [0.5, 0.6) is 0 Å². The third-order valence-electron chi connectivity index (χ3n) is 8.64. The average molecular weight is 532 g/mol. The Balaban J connectivity index is 1.29. The minimum absolute atomic E-state index is 0.349. The van der Waals surface area contributed by atoms with Gasteiger partial charge >= 0.3 is 0 Å². The zero-order valence-electron chi connectivity index (χ0n) is 22.6. The zero-order chi connectivity index (χ0) is 25.8. The molecule has 3 aromatic rings. The molecule has 37 heavy (non-hydrogen) atoms. The third kappa shape index (κ3) is 5.96. The Morgan fingerprint density at radius 2 is 1.41 bits per heavy atom. The summed E-state index contributed by atoms with van der Waals surface area (Å²) in [7, 11) is -0.412. The van der Waals surface area contributed by atoms with Crippen molar-refractivity contribution >= 4 is 35.9 Å². The molecule has 5 rings (SSSR count). The van der Waals surface area contributed by atoms with Crippen LogP contribution in [0.25, 0.3) is 0 Å². The number of nitrogens with one attached hydrogen (secondary N) is 2. The van der Waals surface area contributed by atoms with Crippen LogP contribution in [-0.2, 0) is 0 Å². The molecule has 0 aliphatic heterocycles. The van der Waals surface area contributed by atoms with Gasteiger partial charge in [0.25, 0.3) is 0 Å². The van der Waals surface area contributed by atoms with E-state index >= 15 is 0 Å². The fraction of sp³-hybridized carbons (Fsp3) is 0.469. The van der Waals surface area contributed by atoms with Crippen molar-refractivity contribution in [1.82, 2.24) is 15.2 Å². The summed E-state index contributed by atoms with van der Waals surface area (Å²) in [5.74, 6) is 0.613. The van der Waals surface area contributed by atoms with Crippen LogP contribution in [0.15, 0.2) is 72.8 Å². The fourth-order valence-corrected chi connectivity index (χ4v) is 10.5. The van der Waals surface area contributed by atoms with E-state index in [4.69, 9.17) is 12.2 Å². The number of nitrogens with zero attached hydrogens (tertiary/aromatic N) is 1. The second-order valence-electron chi connectivity index (χ2n) is 11.1. The molecule has 2 fully saturated rings. The maximum Gasteiger partial charge on any atom is 0.166 e. The molecule has 2 N–H and O–H groups in total. The summed E-state index contributed by atoms with van der Waals surface area (Å²) < 4.78 is 2.53. The van der Waals surface area contributed by atoms with Gasteiger partial charge in [-0.3, -0.25) is 0 Å². The molecule has 1 aromatic heterocycles. The van der Waals surface area contributed by atoms with Gasteiger partial charge in [0, 0.05) is 23.5 Å². The smallest absolute Gasteiger partial charge is 0.166 e. The topological polar surface area (TPSA) is 29.0 Å². The van der Waals surface area contributed by atoms with Crippen LogP contribution in [0.3, 0.4) is 0 Å². The molecule has 2 saturated carbocycles. The maximum absolute atomic E-state index is 5.96. The lowest BCUT2D eigenvalue weighted by molar-refractivity contribution is 0.279. The molecular formula is C32H42N3PS. The van der Waals surface area contributed by atoms with Gasteiger partial charge < -0.3 is 15.2 Å². The molecule has 5 heteroatoms. The minimum Gasteiger partial charge on any atom is -0.360 e. The van der Waals surface area contributed by atoms with Crippen molar-refractivity contribution in [1.29, 1.82) is 0 Å². The zero-order valence-corrected chi connectivity index (χ0v) is 24.3. The standard InChI is InChI=1S/C32H42N3PS/c1-23-21-22-24(2)35(23)30-19-11-10-18-29(30)34-32(37)33-25(3)28-17-12-20-31(28)36(26-13-6-4-7-14-26)27-15-8-5-9-16-27/h4-9,13-16,21-22,25,28-31H,10-12,17-20H2,1-3H3,(H2,33,34,37)/t25-,28+,29+,30+,31?/m1/s1. The summed E-state index contributed by atoms with van der Waals surface area (Å²) in [5, 5.41) is 11.4. The van der Waals surface area contributed by atoms with Crippen LogP contribution >= 0.6 is 20.1 Å². The van der Waals surface area contributed by atoms with Gasteiger partial charge in [0.1, 0.15) is 0 Å². The van der Waals surface area contributed by atoms with E-state index in [9.17, 15) is 0 Å². The molecule has 3 nitrogen and oxygen atoms in total. The third-order valence-corrected chi connectivity index (χ3v) is 11.9. The molecule has 5 atom stereocenters. The molecule has 0 amide bonds. The second kappa shape index (κ2) is 12.1. The molecule has 2 aliphatic rings. The van der Waals surface area contributed by atoms with E-state index in [1.165, 1.54) is 66.9 Å². The average Bonchev–Trinajstić information content (AvgIpc) is 3.52. The molecule has 2 aliphatic carbocycles. The summed E-state index contributed by atoms with van der Waals surface area (Å²) in [6.45, 7) is 6.82. The van der Waals surface area contributed by atoms with Crippen LogP contribution in [0.1, 0.15) is 69.3 Å². The van der Waals surface area contributed by atoms with Gasteiger partial charge in [0.2, 0.25) is 0 Å². The SMILES string of the molecule is Cc1ccc(C)n1[C@H]1CCCC[C@@H]1NC(=S)N[C@H](C)[C@@H]1CCCC1P(c1ccccc1)c1ccccc1. The van der Waals surface area contributed by atoms with Crippen molar-refractivity contribution in [3.63, 3.8) is 0 Å². The van der Waals surface area contributed by atoms with Crippen molar-refractivity contribution in [2.24, 2.45) is 5.92 Å². The molecule has 1 unspecified atom stereocenters. The first-order chi connectivity index (χ1) is 18.0. The molecule has 0 saturated heterocycles. The van der Waals surface area contributed by atoms with Crippen molar-refractivity contribution in [2.75, 3.05) is 0 Å². The summed E-state index contributed by atoms with van der Waals surface area (Å²) in [6.07, 6.45) is 8.83. The van der Waals surface area contributed by atoms with Gasteiger partial charge in [-0.15, -0.1) is 0 Å². The Morgan fingerprint density at radius 3 is 2.03 bits per heavy atom. The van der Waals surface area contributed by atoms with Gasteiger partial charge in [-0.1, -0.05) is 79.9 Å². The first kappa shape index (κ1) is 26.4. The van der Waals surface area contributed by atoms with Gasteiger partial charge in [-0.05, 0) is 101 Å². The van der Waals surface area contributed by atoms with E-state index in [0.717, 1.165) is 5.11 Å². The number of hydrogen-bond donors (Lipinski definition) is 2. The van der Waals surface area contributed by atoms with Crippen LogP contribution in [0.2, 0.25) is 0 Å². The van der Waals surface area contributed by atoms with Crippen molar-refractivity contribution in [3.05, 3.63) is 84.2 Å². The van der Waals surface area contributed by atoms with E-state index in [-0.39, 0.29) is 0 Å². The van der Waals surface area contributed by atoms with Gasteiger partial charge in [-0.25, -0.2) is 0 Å². The normalized spacial score (nSPS) is 24.6. The number of thiocarbonyl (C=S) groups is 1. The van der Waals surface area contributed by atoms with E-state index in [1.807, 2.05) is 0 Å². The van der Waals surface area contributed by atoms with Crippen LogP contribution < -0.4 is 21.2 Å². The van der Waals surface area contributed by atoms with E-state index in [1.54, 1.807) is 0 Å². The Morgan fingerprint density at radius 1 is 0.811 bits per heavy atom. The summed E-state index contributed by atoms with van der Waals surface area (Å²) in [4.78, 5) is 0. The highest BCUT2D eigenvalue weighted by Crippen LogP contribution is 2.51. The first-order valence-electron chi connectivity index (χ1n) is 14.1. The number of rotatable bonds is 7.